The number of aryl methyl sites for hydroxylation is 3. The first-order valence-corrected chi connectivity index (χ1v) is 13.2. The summed E-state index contributed by atoms with van der Waals surface area (Å²) in [6.07, 6.45) is 2.46. The molecule has 0 saturated carbocycles. The second-order valence-corrected chi connectivity index (χ2v) is 11.8. The molecule has 0 bridgehead atoms. The lowest BCUT2D eigenvalue weighted by atomic mass is 9.97. The van der Waals surface area contributed by atoms with Gasteiger partial charge >= 0.3 is 0 Å². The molecule has 3 heterocycles. The van der Waals surface area contributed by atoms with Crippen LogP contribution in [-0.2, 0) is 10.0 Å². The average molecular weight is 493 g/mol. The molecule has 8 heteroatoms. The van der Waals surface area contributed by atoms with E-state index in [1.165, 1.54) is 18.3 Å². The van der Waals surface area contributed by atoms with Crippen molar-refractivity contribution >= 4 is 21.7 Å². The summed E-state index contributed by atoms with van der Waals surface area (Å²) >= 11 is 0. The summed E-state index contributed by atoms with van der Waals surface area (Å²) in [6, 6.07) is 12.6. The number of carbonyl (C=O) groups is 1. The molecule has 3 aromatic rings. The SMILES string of the molecule is Cc1ccc(-c2ccc(C(=O)NS(=O)(=O)c3cccnc3C)c(N3C[C@@H](C)CC3(C)C)n2)c(C)c1. The Balaban J connectivity index is 1.80. The molecule has 1 aliphatic rings. The first kappa shape index (κ1) is 24.9. The van der Waals surface area contributed by atoms with Gasteiger partial charge in [-0.1, -0.05) is 30.7 Å². The standard InChI is InChI=1S/C27H32N4O3S/c1-17-9-10-21(19(3)14-17)23-12-11-22(25(29-23)31-16-18(2)15-27(31,5)6)26(32)30-35(33,34)24-8-7-13-28-20(24)4/h7-14,18H,15-16H2,1-6H3,(H,30,32)/t18-/m0/s1. The Morgan fingerprint density at radius 3 is 2.49 bits per heavy atom. The fraction of sp³-hybridized carbons (Fsp3) is 0.370. The van der Waals surface area contributed by atoms with Crippen molar-refractivity contribution in [1.29, 1.82) is 0 Å². The number of rotatable bonds is 5. The van der Waals surface area contributed by atoms with Gasteiger partial charge in [0.05, 0.1) is 17.0 Å². The van der Waals surface area contributed by atoms with Gasteiger partial charge in [-0.2, -0.15) is 0 Å². The summed E-state index contributed by atoms with van der Waals surface area (Å²) in [4.78, 5) is 24.5. The summed E-state index contributed by atoms with van der Waals surface area (Å²) in [5.41, 5.74) is 4.29. The number of nitrogens with one attached hydrogen (secondary N) is 1. The zero-order valence-electron chi connectivity index (χ0n) is 21.1. The van der Waals surface area contributed by atoms with Gasteiger partial charge in [0.1, 0.15) is 10.7 Å². The van der Waals surface area contributed by atoms with Crippen LogP contribution in [0, 0.1) is 26.7 Å². The smallest absolute Gasteiger partial charge is 0.268 e. The van der Waals surface area contributed by atoms with Crippen molar-refractivity contribution in [3.8, 4) is 11.3 Å². The lowest BCUT2D eigenvalue weighted by molar-refractivity contribution is 0.0981. The Bertz CT molecular complexity index is 1400. The minimum Gasteiger partial charge on any atom is -0.351 e. The molecule has 0 radical (unpaired) electrons. The molecule has 2 aromatic heterocycles. The molecule has 184 valence electrons. The number of carbonyl (C=O) groups excluding carboxylic acids is 1. The molecule has 1 amide bonds. The highest BCUT2D eigenvalue weighted by atomic mass is 32.2. The van der Waals surface area contributed by atoms with Gasteiger partial charge in [0.2, 0.25) is 0 Å². The first-order valence-electron chi connectivity index (χ1n) is 11.7. The van der Waals surface area contributed by atoms with Crippen molar-refractivity contribution in [3.63, 3.8) is 0 Å². The number of hydrogen-bond donors (Lipinski definition) is 1. The highest BCUT2D eigenvalue weighted by Gasteiger charge is 2.39. The monoisotopic (exact) mass is 492 g/mol. The molecule has 0 aliphatic carbocycles. The van der Waals surface area contributed by atoms with Crippen LogP contribution in [0.4, 0.5) is 5.82 Å². The number of benzene rings is 1. The van der Waals surface area contributed by atoms with Gasteiger partial charge in [-0.25, -0.2) is 18.1 Å². The van der Waals surface area contributed by atoms with Crippen LogP contribution in [0.25, 0.3) is 11.3 Å². The van der Waals surface area contributed by atoms with Crippen LogP contribution < -0.4 is 9.62 Å². The second kappa shape index (κ2) is 9.07. The van der Waals surface area contributed by atoms with Crippen LogP contribution in [0.2, 0.25) is 0 Å². The predicted octanol–water partition coefficient (Wildman–Crippen LogP) is 4.81. The van der Waals surface area contributed by atoms with Crippen molar-refractivity contribution in [2.75, 3.05) is 11.4 Å². The average Bonchev–Trinajstić information content (AvgIpc) is 3.05. The number of anilines is 1. The summed E-state index contributed by atoms with van der Waals surface area (Å²) in [6.45, 7) is 12.8. The molecule has 0 unspecified atom stereocenters. The van der Waals surface area contributed by atoms with Crippen LogP contribution in [0.15, 0.2) is 53.6 Å². The Morgan fingerprint density at radius 1 is 1.11 bits per heavy atom. The van der Waals surface area contributed by atoms with E-state index in [1.54, 1.807) is 19.1 Å². The minimum atomic E-state index is -4.10. The van der Waals surface area contributed by atoms with Crippen molar-refractivity contribution < 1.29 is 13.2 Å². The van der Waals surface area contributed by atoms with Gasteiger partial charge < -0.3 is 4.90 Å². The second-order valence-electron chi connectivity index (χ2n) is 10.1. The fourth-order valence-electron chi connectivity index (χ4n) is 5.03. The Hall–Kier alpha value is -3.26. The number of aromatic nitrogens is 2. The fourth-order valence-corrected chi connectivity index (χ4v) is 6.19. The number of pyridine rings is 2. The summed E-state index contributed by atoms with van der Waals surface area (Å²) < 4.78 is 28.3. The van der Waals surface area contributed by atoms with Crippen LogP contribution >= 0.6 is 0 Å². The molecule has 35 heavy (non-hydrogen) atoms. The highest BCUT2D eigenvalue weighted by molar-refractivity contribution is 7.90. The third kappa shape index (κ3) is 4.93. The van der Waals surface area contributed by atoms with Gasteiger partial charge in [-0.15, -0.1) is 0 Å². The van der Waals surface area contributed by atoms with E-state index in [4.69, 9.17) is 4.98 Å². The highest BCUT2D eigenvalue weighted by Crippen LogP contribution is 2.38. The van der Waals surface area contributed by atoms with Gasteiger partial charge in [0.25, 0.3) is 15.9 Å². The molecule has 1 aliphatic heterocycles. The van der Waals surface area contributed by atoms with E-state index in [2.05, 4.69) is 41.4 Å². The number of amides is 1. The summed E-state index contributed by atoms with van der Waals surface area (Å²) in [5.74, 6) is 0.194. The maximum Gasteiger partial charge on any atom is 0.268 e. The Morgan fingerprint density at radius 2 is 1.86 bits per heavy atom. The molecule has 1 atom stereocenters. The molecule has 7 nitrogen and oxygen atoms in total. The largest absolute Gasteiger partial charge is 0.351 e. The van der Waals surface area contributed by atoms with Crippen LogP contribution in [-0.4, -0.2) is 36.4 Å². The van der Waals surface area contributed by atoms with Gasteiger partial charge in [0, 0.05) is 23.8 Å². The zero-order chi connectivity index (χ0) is 25.5. The first-order chi connectivity index (χ1) is 16.4. The molecule has 1 aromatic carbocycles. The summed E-state index contributed by atoms with van der Waals surface area (Å²) in [7, 11) is -4.10. The molecule has 1 N–H and O–H groups in total. The van der Waals surface area contributed by atoms with Crippen LogP contribution in [0.5, 0.6) is 0 Å². The van der Waals surface area contributed by atoms with E-state index >= 15 is 0 Å². The van der Waals surface area contributed by atoms with Gasteiger partial charge in [-0.3, -0.25) is 9.78 Å². The van der Waals surface area contributed by atoms with Crippen LogP contribution in [0.3, 0.4) is 0 Å². The van der Waals surface area contributed by atoms with E-state index in [0.717, 1.165) is 35.3 Å². The van der Waals surface area contributed by atoms with Crippen molar-refractivity contribution in [1.82, 2.24) is 14.7 Å². The number of sulfonamides is 1. The zero-order valence-corrected chi connectivity index (χ0v) is 21.9. The van der Waals surface area contributed by atoms with Crippen molar-refractivity contribution in [2.24, 2.45) is 5.92 Å². The normalized spacial score (nSPS) is 17.4. The third-order valence-electron chi connectivity index (χ3n) is 6.58. The van der Waals surface area contributed by atoms with E-state index < -0.39 is 15.9 Å². The predicted molar refractivity (Wildman–Crippen MR) is 138 cm³/mol. The Kier molecular flexibility index (Phi) is 6.44. The maximum absolute atomic E-state index is 13.4. The lowest BCUT2D eigenvalue weighted by Gasteiger charge is -2.34. The Labute approximate surface area is 207 Å². The minimum absolute atomic E-state index is 0.0233. The third-order valence-corrected chi connectivity index (χ3v) is 8.05. The van der Waals surface area contributed by atoms with Crippen molar-refractivity contribution in [2.45, 2.75) is 58.4 Å². The van der Waals surface area contributed by atoms with E-state index in [9.17, 15) is 13.2 Å². The summed E-state index contributed by atoms with van der Waals surface area (Å²) in [5, 5.41) is 0. The molecule has 4 rings (SSSR count). The number of nitrogens with zero attached hydrogens (tertiary/aromatic N) is 3. The quantitative estimate of drug-likeness (QED) is 0.549. The molecular formula is C27H32N4O3S. The molecule has 0 spiro atoms. The lowest BCUT2D eigenvalue weighted by Crippen LogP contribution is -2.41. The van der Waals surface area contributed by atoms with E-state index in [0.29, 0.717) is 17.4 Å². The van der Waals surface area contributed by atoms with E-state index in [1.807, 2.05) is 26.0 Å². The number of hydrogen-bond acceptors (Lipinski definition) is 6. The molecule has 1 fully saturated rings. The van der Waals surface area contributed by atoms with Gasteiger partial charge in [-0.05, 0) is 76.8 Å². The van der Waals surface area contributed by atoms with Gasteiger partial charge in [0.15, 0.2) is 0 Å². The molecule has 1 saturated heterocycles. The van der Waals surface area contributed by atoms with Crippen molar-refractivity contribution in [3.05, 3.63) is 71.0 Å². The topological polar surface area (TPSA) is 92.3 Å². The maximum atomic E-state index is 13.4. The van der Waals surface area contributed by atoms with Crippen LogP contribution in [0.1, 0.15) is 54.4 Å². The van der Waals surface area contributed by atoms with E-state index in [-0.39, 0.29) is 16.0 Å². The molecular weight excluding hydrogens is 460 g/mol.